The van der Waals surface area contributed by atoms with Crippen LogP contribution >= 0.6 is 11.6 Å². The van der Waals surface area contributed by atoms with E-state index in [1.54, 1.807) is 12.1 Å². The number of amides is 1. The van der Waals surface area contributed by atoms with Gasteiger partial charge in [0.05, 0.1) is 5.69 Å². The Morgan fingerprint density at radius 3 is 2.50 bits per heavy atom. The molecule has 7 heteroatoms. The van der Waals surface area contributed by atoms with Gasteiger partial charge in [-0.1, -0.05) is 23.7 Å². The number of nitrogens with one attached hydrogen (secondary N) is 1. The summed E-state index contributed by atoms with van der Waals surface area (Å²) in [7, 11) is 0. The molecule has 0 aliphatic carbocycles. The van der Waals surface area contributed by atoms with E-state index in [9.17, 15) is 9.59 Å². The molecule has 2 aromatic carbocycles. The first-order valence-electron chi connectivity index (χ1n) is 8.27. The maximum absolute atomic E-state index is 12.3. The second-order valence-corrected chi connectivity index (χ2v) is 6.57. The third-order valence-electron chi connectivity index (χ3n) is 4.22. The summed E-state index contributed by atoms with van der Waals surface area (Å²) in [6.45, 7) is 3.78. The van der Waals surface area contributed by atoms with Crippen LogP contribution in [0.2, 0.25) is 5.02 Å². The van der Waals surface area contributed by atoms with E-state index < -0.39 is 0 Å². The van der Waals surface area contributed by atoms with Gasteiger partial charge in [-0.05, 0) is 32.0 Å². The third kappa shape index (κ3) is 4.15. The smallest absolute Gasteiger partial charge is 0.279 e. The first-order chi connectivity index (χ1) is 12.4. The second kappa shape index (κ2) is 7.76. The molecule has 0 radical (unpaired) electrons. The number of fused-ring (bicyclic) bond motifs is 1. The topological polar surface area (TPSA) is 81.2 Å². The third-order valence-corrected chi connectivity index (χ3v) is 4.47. The van der Waals surface area contributed by atoms with Crippen molar-refractivity contribution in [2.75, 3.05) is 18.7 Å². The van der Waals surface area contributed by atoms with Gasteiger partial charge in [0, 0.05) is 22.2 Å². The van der Waals surface area contributed by atoms with Gasteiger partial charge in [0.15, 0.2) is 23.8 Å². The fraction of sp³-hybridized carbons (Fsp3) is 0.263. The summed E-state index contributed by atoms with van der Waals surface area (Å²) in [5.41, 5.74) is 1.90. The molecular formula is C19H20ClN2O4+. The Hall–Kier alpha value is -2.57. The van der Waals surface area contributed by atoms with E-state index in [0.717, 1.165) is 5.56 Å². The normalized spacial score (nSPS) is 13.3. The number of quaternary nitrogens is 1. The number of Topliss-reactive ketones (excluding diaryl/α,β-unsaturated/α-hetero) is 1. The maximum Gasteiger partial charge on any atom is 0.279 e. The molecule has 0 spiro atoms. The van der Waals surface area contributed by atoms with E-state index in [1.807, 2.05) is 36.5 Å². The van der Waals surface area contributed by atoms with Crippen molar-refractivity contribution in [1.29, 1.82) is 0 Å². The largest absolute Gasteiger partial charge is 0.454 e. The molecule has 6 nitrogen and oxygen atoms in total. The highest BCUT2D eigenvalue weighted by Crippen LogP contribution is 2.37. The Morgan fingerprint density at radius 2 is 1.85 bits per heavy atom. The Bertz CT molecular complexity index is 836. The molecule has 0 bridgehead atoms. The van der Waals surface area contributed by atoms with Crippen molar-refractivity contribution in [2.45, 2.75) is 19.9 Å². The van der Waals surface area contributed by atoms with Crippen molar-refractivity contribution in [1.82, 2.24) is 0 Å². The number of nitrogens with two attached hydrogens (primary N) is 1. The van der Waals surface area contributed by atoms with Crippen LogP contribution in [0.15, 0.2) is 36.4 Å². The minimum Gasteiger partial charge on any atom is -0.454 e. The number of ether oxygens (including phenoxy) is 2. The first kappa shape index (κ1) is 18.2. The van der Waals surface area contributed by atoms with Crippen molar-refractivity contribution in [3.63, 3.8) is 0 Å². The molecule has 136 valence electrons. The SMILES string of the molecule is CC(=O)c1cc2c(cc1NC(=O)C[NH2+][C@@H](C)c1ccc(Cl)cc1)OCO2. The monoisotopic (exact) mass is 375 g/mol. The molecule has 0 aromatic heterocycles. The van der Waals surface area contributed by atoms with Gasteiger partial charge in [-0.2, -0.15) is 0 Å². The number of ketones is 1. The van der Waals surface area contributed by atoms with Crippen LogP contribution in [0.4, 0.5) is 5.69 Å². The van der Waals surface area contributed by atoms with Crippen LogP contribution in [-0.4, -0.2) is 25.0 Å². The van der Waals surface area contributed by atoms with Gasteiger partial charge < -0.3 is 20.1 Å². The molecule has 26 heavy (non-hydrogen) atoms. The molecule has 1 atom stereocenters. The number of halogens is 1. The maximum atomic E-state index is 12.3. The Balaban J connectivity index is 1.64. The van der Waals surface area contributed by atoms with Gasteiger partial charge in [0.2, 0.25) is 6.79 Å². The van der Waals surface area contributed by atoms with Crippen LogP contribution < -0.4 is 20.1 Å². The van der Waals surface area contributed by atoms with E-state index in [0.29, 0.717) is 27.8 Å². The minimum atomic E-state index is -0.202. The number of benzene rings is 2. The fourth-order valence-corrected chi connectivity index (χ4v) is 2.85. The Labute approximate surface area is 156 Å². The zero-order chi connectivity index (χ0) is 18.7. The molecule has 1 amide bonds. The molecule has 3 N–H and O–H groups in total. The summed E-state index contributed by atoms with van der Waals surface area (Å²) in [4.78, 5) is 24.2. The Morgan fingerprint density at radius 1 is 1.19 bits per heavy atom. The van der Waals surface area contributed by atoms with Crippen LogP contribution in [-0.2, 0) is 4.79 Å². The Kier molecular flexibility index (Phi) is 5.44. The lowest BCUT2D eigenvalue weighted by molar-refractivity contribution is -0.682. The van der Waals surface area contributed by atoms with E-state index in [2.05, 4.69) is 5.32 Å². The molecule has 1 aliphatic heterocycles. The number of rotatable bonds is 6. The van der Waals surface area contributed by atoms with Gasteiger partial charge in [0.1, 0.15) is 6.04 Å². The van der Waals surface area contributed by atoms with Crippen LogP contribution in [0.5, 0.6) is 11.5 Å². The minimum absolute atomic E-state index is 0.0991. The molecule has 1 heterocycles. The van der Waals surface area contributed by atoms with Gasteiger partial charge in [-0.15, -0.1) is 0 Å². The molecule has 2 aromatic rings. The lowest BCUT2D eigenvalue weighted by Gasteiger charge is -2.13. The number of carbonyl (C=O) groups is 2. The standard InChI is InChI=1S/C19H19ClN2O4/c1-11(13-3-5-14(20)6-4-13)21-9-19(24)22-16-8-18-17(25-10-26-18)7-15(16)12(2)23/h3-8,11,21H,9-10H2,1-2H3,(H,22,24)/p+1/t11-/m0/s1. The molecule has 3 rings (SSSR count). The summed E-state index contributed by atoms with van der Waals surface area (Å²) in [6, 6.07) is 10.8. The summed E-state index contributed by atoms with van der Waals surface area (Å²) in [5.74, 6) is 0.671. The lowest BCUT2D eigenvalue weighted by Crippen LogP contribution is -2.86. The summed E-state index contributed by atoms with van der Waals surface area (Å²) < 4.78 is 10.6. The highest BCUT2D eigenvalue weighted by Gasteiger charge is 2.21. The number of anilines is 1. The van der Waals surface area contributed by atoms with E-state index >= 15 is 0 Å². The van der Waals surface area contributed by atoms with Crippen molar-refractivity contribution in [3.05, 3.63) is 52.5 Å². The van der Waals surface area contributed by atoms with E-state index in [1.165, 1.54) is 6.92 Å². The van der Waals surface area contributed by atoms with Crippen LogP contribution in [0.1, 0.15) is 35.8 Å². The van der Waals surface area contributed by atoms with Crippen LogP contribution in [0, 0.1) is 0 Å². The molecular weight excluding hydrogens is 356 g/mol. The average Bonchev–Trinajstić information content (AvgIpc) is 3.06. The molecule has 1 aliphatic rings. The van der Waals surface area contributed by atoms with Gasteiger partial charge in [-0.25, -0.2) is 0 Å². The predicted molar refractivity (Wildman–Crippen MR) is 97.9 cm³/mol. The lowest BCUT2D eigenvalue weighted by atomic mass is 10.1. The van der Waals surface area contributed by atoms with Gasteiger partial charge in [0.25, 0.3) is 5.91 Å². The zero-order valence-corrected chi connectivity index (χ0v) is 15.3. The van der Waals surface area contributed by atoms with Gasteiger partial charge >= 0.3 is 0 Å². The number of carbonyl (C=O) groups excluding carboxylic acids is 2. The quantitative estimate of drug-likeness (QED) is 0.760. The zero-order valence-electron chi connectivity index (χ0n) is 14.5. The summed E-state index contributed by atoms with van der Waals surface area (Å²) in [5, 5.41) is 5.38. The fourth-order valence-electron chi connectivity index (χ4n) is 2.72. The highest BCUT2D eigenvalue weighted by atomic mass is 35.5. The second-order valence-electron chi connectivity index (χ2n) is 6.14. The van der Waals surface area contributed by atoms with Crippen LogP contribution in [0.3, 0.4) is 0 Å². The van der Waals surface area contributed by atoms with Crippen molar-refractivity contribution in [2.24, 2.45) is 0 Å². The van der Waals surface area contributed by atoms with E-state index in [-0.39, 0.29) is 31.1 Å². The van der Waals surface area contributed by atoms with Crippen molar-refractivity contribution < 1.29 is 24.4 Å². The van der Waals surface area contributed by atoms with Crippen LogP contribution in [0.25, 0.3) is 0 Å². The summed E-state index contributed by atoms with van der Waals surface area (Å²) in [6.07, 6.45) is 0. The first-order valence-corrected chi connectivity index (χ1v) is 8.65. The molecule has 0 saturated heterocycles. The van der Waals surface area contributed by atoms with Crippen molar-refractivity contribution in [3.8, 4) is 11.5 Å². The predicted octanol–water partition coefficient (Wildman–Crippen LogP) is 2.53. The summed E-state index contributed by atoms with van der Waals surface area (Å²) >= 11 is 5.89. The van der Waals surface area contributed by atoms with E-state index in [4.69, 9.17) is 21.1 Å². The number of hydrogen-bond donors (Lipinski definition) is 2. The number of hydrogen-bond acceptors (Lipinski definition) is 4. The molecule has 0 fully saturated rings. The average molecular weight is 376 g/mol. The molecule has 0 unspecified atom stereocenters. The van der Waals surface area contributed by atoms with Crippen molar-refractivity contribution >= 4 is 29.0 Å². The van der Waals surface area contributed by atoms with Gasteiger partial charge in [-0.3, -0.25) is 9.59 Å². The molecule has 0 saturated carbocycles. The highest BCUT2D eigenvalue weighted by molar-refractivity contribution is 6.30.